The highest BCUT2D eigenvalue weighted by molar-refractivity contribution is 6.21. The lowest BCUT2D eigenvalue weighted by Gasteiger charge is -2.52. The quantitative estimate of drug-likeness (QED) is 0.551. The molecule has 0 unspecified atom stereocenters. The van der Waals surface area contributed by atoms with Gasteiger partial charge in [-0.05, 0) is 37.5 Å². The lowest BCUT2D eigenvalue weighted by atomic mass is 9.76. The molecule has 1 aromatic rings. The minimum Gasteiger partial charge on any atom is -0.493 e. The molecule has 4 aliphatic heterocycles. The second kappa shape index (κ2) is 10.1. The van der Waals surface area contributed by atoms with Crippen molar-refractivity contribution in [3.05, 3.63) is 12.1 Å². The average Bonchev–Trinajstić information content (AvgIpc) is 3.19. The van der Waals surface area contributed by atoms with E-state index in [1.807, 2.05) is 4.90 Å². The average molecular weight is 515 g/mol. The molecule has 0 spiro atoms. The number of urea groups is 1. The van der Waals surface area contributed by atoms with Crippen LogP contribution in [0.3, 0.4) is 0 Å². The van der Waals surface area contributed by atoms with Gasteiger partial charge in [0.2, 0.25) is 17.6 Å². The van der Waals surface area contributed by atoms with E-state index in [-0.39, 0.29) is 30.7 Å². The summed E-state index contributed by atoms with van der Waals surface area (Å²) in [6.07, 6.45) is 3.98. The molecule has 11 heteroatoms. The standard InChI is InChI=1S/C26H34N4O7/c1-35-20-10-17(11-21(36-2)24(20)37-3)30-25(33)18(27-26(30)34)7-8-22(31)28-12-15-9-16(14-28)19-5-4-6-23(32)29(19)13-15/h10-11,15-16,18-19H,4-9,12-14H2,1-3H3,(H,27,34)/t15-,16+,18+,19-/m1/s1. The van der Waals surface area contributed by atoms with Crippen LogP contribution < -0.4 is 24.4 Å². The zero-order valence-corrected chi connectivity index (χ0v) is 21.5. The lowest BCUT2D eigenvalue weighted by molar-refractivity contribution is -0.148. The van der Waals surface area contributed by atoms with Crippen molar-refractivity contribution in [1.29, 1.82) is 0 Å². The van der Waals surface area contributed by atoms with Crippen LogP contribution in [0.1, 0.15) is 38.5 Å². The fourth-order valence-electron chi connectivity index (χ4n) is 6.41. The maximum atomic E-state index is 13.2. The molecule has 4 heterocycles. The second-order valence-corrected chi connectivity index (χ2v) is 10.3. The monoisotopic (exact) mass is 514 g/mol. The molecule has 37 heavy (non-hydrogen) atoms. The van der Waals surface area contributed by atoms with Gasteiger partial charge in [0.05, 0.1) is 27.0 Å². The normalized spacial score (nSPS) is 27.1. The smallest absolute Gasteiger partial charge is 0.329 e. The van der Waals surface area contributed by atoms with Crippen LogP contribution in [0.5, 0.6) is 17.2 Å². The molecular formula is C26H34N4O7. The van der Waals surface area contributed by atoms with Crippen molar-refractivity contribution in [3.8, 4) is 17.2 Å². The van der Waals surface area contributed by atoms with E-state index in [0.29, 0.717) is 54.3 Å². The molecule has 4 aliphatic rings. The van der Waals surface area contributed by atoms with Crippen LogP contribution in [0.15, 0.2) is 12.1 Å². The van der Waals surface area contributed by atoms with Gasteiger partial charge in [-0.25, -0.2) is 9.69 Å². The number of hydrogen-bond donors (Lipinski definition) is 1. The van der Waals surface area contributed by atoms with Gasteiger partial charge in [-0.2, -0.15) is 0 Å². The van der Waals surface area contributed by atoms with E-state index >= 15 is 0 Å². The highest BCUT2D eigenvalue weighted by Gasteiger charge is 2.45. The van der Waals surface area contributed by atoms with Crippen LogP contribution in [-0.4, -0.2) is 86.6 Å². The number of nitrogens with one attached hydrogen (secondary N) is 1. The SMILES string of the molecule is COc1cc(N2C(=O)N[C@@H](CCC(=O)N3C[C@H]4C[C@@H](C3)[C@H]3CCCC(=O)N3C4)C2=O)cc(OC)c1OC. The predicted octanol–water partition coefficient (Wildman–Crippen LogP) is 1.78. The number of imide groups is 1. The first-order valence-corrected chi connectivity index (χ1v) is 12.9. The van der Waals surface area contributed by atoms with Gasteiger partial charge in [-0.1, -0.05) is 0 Å². The number of piperidine rings is 3. The summed E-state index contributed by atoms with van der Waals surface area (Å²) in [6.45, 7) is 2.01. The third-order valence-corrected chi connectivity index (χ3v) is 8.11. The summed E-state index contributed by atoms with van der Waals surface area (Å²) in [7, 11) is 4.39. The molecule has 5 amide bonds. The first-order valence-electron chi connectivity index (χ1n) is 12.9. The fourth-order valence-corrected chi connectivity index (χ4v) is 6.41. The summed E-state index contributed by atoms with van der Waals surface area (Å²) in [5, 5.41) is 2.71. The number of anilines is 1. The van der Waals surface area contributed by atoms with Crippen LogP contribution in [0.4, 0.5) is 10.5 Å². The van der Waals surface area contributed by atoms with Crippen molar-refractivity contribution in [2.45, 2.75) is 50.6 Å². The Labute approximate surface area is 216 Å². The molecule has 1 aromatic carbocycles. The van der Waals surface area contributed by atoms with Crippen molar-refractivity contribution >= 4 is 29.4 Å². The Morgan fingerprint density at radius 1 is 1.03 bits per heavy atom. The van der Waals surface area contributed by atoms with E-state index in [9.17, 15) is 19.2 Å². The number of rotatable bonds is 7. The van der Waals surface area contributed by atoms with Crippen LogP contribution in [0, 0.1) is 11.8 Å². The number of ether oxygens (including phenoxy) is 3. The van der Waals surface area contributed by atoms with Crippen LogP contribution in [0.2, 0.25) is 0 Å². The first kappa shape index (κ1) is 25.2. The van der Waals surface area contributed by atoms with Gasteiger partial charge in [0, 0.05) is 50.7 Å². The van der Waals surface area contributed by atoms with Crippen molar-refractivity contribution in [2.75, 3.05) is 45.9 Å². The number of carbonyl (C=O) groups excluding carboxylic acids is 4. The molecular weight excluding hydrogens is 480 g/mol. The summed E-state index contributed by atoms with van der Waals surface area (Å²) in [4.78, 5) is 56.4. The Morgan fingerprint density at radius 3 is 2.43 bits per heavy atom. The van der Waals surface area contributed by atoms with Crippen LogP contribution in [-0.2, 0) is 14.4 Å². The van der Waals surface area contributed by atoms with Gasteiger partial charge in [-0.3, -0.25) is 14.4 Å². The molecule has 0 aromatic heterocycles. The van der Waals surface area contributed by atoms with Crippen LogP contribution in [0.25, 0.3) is 0 Å². The topological polar surface area (TPSA) is 118 Å². The molecule has 0 saturated carbocycles. The molecule has 4 saturated heterocycles. The van der Waals surface area contributed by atoms with E-state index in [1.165, 1.54) is 33.5 Å². The van der Waals surface area contributed by atoms with E-state index in [1.54, 1.807) is 0 Å². The summed E-state index contributed by atoms with van der Waals surface area (Å²) in [6, 6.07) is 1.95. The number of carbonyl (C=O) groups is 4. The summed E-state index contributed by atoms with van der Waals surface area (Å²) in [5.41, 5.74) is 0.293. The molecule has 2 bridgehead atoms. The Hall–Kier alpha value is -3.50. The summed E-state index contributed by atoms with van der Waals surface area (Å²) in [5.74, 6) is 1.41. The molecule has 4 atom stereocenters. The van der Waals surface area contributed by atoms with Crippen molar-refractivity contribution in [1.82, 2.24) is 15.1 Å². The number of amides is 5. The van der Waals surface area contributed by atoms with Crippen molar-refractivity contribution in [3.63, 3.8) is 0 Å². The number of hydrogen-bond acceptors (Lipinski definition) is 7. The number of likely N-dealkylation sites (tertiary alicyclic amines) is 1. The number of fused-ring (bicyclic) bond motifs is 4. The molecule has 1 N–H and O–H groups in total. The minimum atomic E-state index is -0.800. The highest BCUT2D eigenvalue weighted by Crippen LogP contribution is 2.42. The van der Waals surface area contributed by atoms with Gasteiger partial charge in [0.1, 0.15) is 6.04 Å². The number of benzene rings is 1. The van der Waals surface area contributed by atoms with Gasteiger partial charge in [0.15, 0.2) is 11.5 Å². The maximum Gasteiger partial charge on any atom is 0.329 e. The minimum absolute atomic E-state index is 0.0152. The summed E-state index contributed by atoms with van der Waals surface area (Å²) >= 11 is 0. The van der Waals surface area contributed by atoms with E-state index in [0.717, 1.165) is 30.7 Å². The van der Waals surface area contributed by atoms with E-state index < -0.39 is 18.0 Å². The molecule has 11 nitrogen and oxygen atoms in total. The highest BCUT2D eigenvalue weighted by atomic mass is 16.5. The fraction of sp³-hybridized carbons (Fsp3) is 0.615. The molecule has 200 valence electrons. The molecule has 4 fully saturated rings. The Kier molecular flexibility index (Phi) is 6.87. The number of nitrogens with zero attached hydrogens (tertiary/aromatic N) is 3. The third-order valence-electron chi connectivity index (χ3n) is 8.11. The van der Waals surface area contributed by atoms with E-state index in [2.05, 4.69) is 10.2 Å². The predicted molar refractivity (Wildman–Crippen MR) is 133 cm³/mol. The lowest BCUT2D eigenvalue weighted by Crippen LogP contribution is -2.61. The van der Waals surface area contributed by atoms with Gasteiger partial charge >= 0.3 is 6.03 Å². The first-order chi connectivity index (χ1) is 17.8. The zero-order valence-electron chi connectivity index (χ0n) is 21.5. The Bertz CT molecular complexity index is 1080. The van der Waals surface area contributed by atoms with Gasteiger partial charge < -0.3 is 29.3 Å². The van der Waals surface area contributed by atoms with Crippen molar-refractivity contribution in [2.24, 2.45) is 11.8 Å². The van der Waals surface area contributed by atoms with E-state index in [4.69, 9.17) is 14.2 Å². The van der Waals surface area contributed by atoms with Gasteiger partial charge in [-0.15, -0.1) is 0 Å². The zero-order chi connectivity index (χ0) is 26.3. The van der Waals surface area contributed by atoms with Gasteiger partial charge in [0.25, 0.3) is 5.91 Å². The number of methoxy groups -OCH3 is 3. The second-order valence-electron chi connectivity index (χ2n) is 10.3. The van der Waals surface area contributed by atoms with Crippen LogP contribution >= 0.6 is 0 Å². The molecule has 0 radical (unpaired) electrons. The summed E-state index contributed by atoms with van der Waals surface area (Å²) < 4.78 is 16.0. The van der Waals surface area contributed by atoms with Crippen molar-refractivity contribution < 1.29 is 33.4 Å². The Morgan fingerprint density at radius 2 is 1.76 bits per heavy atom. The third kappa shape index (κ3) is 4.55. The Balaban J connectivity index is 1.22. The largest absolute Gasteiger partial charge is 0.493 e. The molecule has 0 aliphatic carbocycles. The molecule has 5 rings (SSSR count). The maximum absolute atomic E-state index is 13.2.